The highest BCUT2D eigenvalue weighted by atomic mass is 35.5. The molecule has 0 radical (unpaired) electrons. The number of amides is 2. The van der Waals surface area contributed by atoms with Crippen molar-refractivity contribution in [3.63, 3.8) is 0 Å². The minimum absolute atomic E-state index is 0.0328. The molecule has 130 valence electrons. The molecule has 0 heterocycles. The molecule has 2 amide bonds. The molecule has 1 aromatic carbocycles. The molecule has 0 spiro atoms. The van der Waals surface area contributed by atoms with E-state index in [4.69, 9.17) is 11.6 Å². The number of nitrogens with one attached hydrogen (secondary N) is 1. The Bertz CT molecular complexity index is 628. The minimum atomic E-state index is -0.392. The molecule has 2 fully saturated rings. The van der Waals surface area contributed by atoms with Gasteiger partial charge in [0.2, 0.25) is 11.8 Å². The summed E-state index contributed by atoms with van der Waals surface area (Å²) in [5, 5.41) is 3.16. The van der Waals surface area contributed by atoms with E-state index in [2.05, 4.69) is 5.32 Å². The Hall–Kier alpha value is -1.62. The van der Waals surface area contributed by atoms with Crippen LogP contribution in [-0.2, 0) is 16.1 Å². The molecule has 6 heteroatoms. The van der Waals surface area contributed by atoms with E-state index in [9.17, 15) is 14.0 Å². The molecule has 2 atom stereocenters. The average Bonchev–Trinajstić information content (AvgIpc) is 3.43. The standard InChI is InChI=1S/C18H22ClFN2O2/c1-11-9-13(11)18(24)21-8-7-17(23)22(12-5-6-12)10-14-15(19)3-2-4-16(14)20/h2-4,11-13H,5-10H2,1H3,(H,21,24)/t11-,13+/m0/s1. The zero-order valence-corrected chi connectivity index (χ0v) is 14.5. The molecular formula is C18H22ClFN2O2. The fraction of sp³-hybridized carbons (Fsp3) is 0.556. The van der Waals surface area contributed by atoms with Crippen molar-refractivity contribution in [1.29, 1.82) is 0 Å². The molecule has 4 nitrogen and oxygen atoms in total. The maximum absolute atomic E-state index is 14.0. The van der Waals surface area contributed by atoms with Gasteiger partial charge >= 0.3 is 0 Å². The quantitative estimate of drug-likeness (QED) is 0.819. The van der Waals surface area contributed by atoms with Crippen LogP contribution in [0, 0.1) is 17.7 Å². The Morgan fingerprint density at radius 1 is 1.38 bits per heavy atom. The average molecular weight is 353 g/mol. The van der Waals surface area contributed by atoms with Crippen LogP contribution in [-0.4, -0.2) is 29.3 Å². The molecule has 0 unspecified atom stereocenters. The second-order valence-corrected chi connectivity index (χ2v) is 7.22. The van der Waals surface area contributed by atoms with Gasteiger partial charge in [0.15, 0.2) is 0 Å². The summed E-state index contributed by atoms with van der Waals surface area (Å²) in [5.74, 6) is 0.132. The number of carbonyl (C=O) groups excluding carboxylic acids is 2. The SMILES string of the molecule is C[C@H]1C[C@H]1C(=O)NCCC(=O)N(Cc1c(F)cccc1Cl)C1CC1. The number of carbonyl (C=O) groups is 2. The van der Waals surface area contributed by atoms with Crippen LogP contribution in [0.2, 0.25) is 5.02 Å². The summed E-state index contributed by atoms with van der Waals surface area (Å²) >= 11 is 6.07. The van der Waals surface area contributed by atoms with E-state index >= 15 is 0 Å². The maximum Gasteiger partial charge on any atom is 0.224 e. The normalized spacial score (nSPS) is 22.1. The molecule has 1 aromatic rings. The van der Waals surface area contributed by atoms with Crippen molar-refractivity contribution in [2.45, 2.75) is 45.2 Å². The number of hydrogen-bond acceptors (Lipinski definition) is 2. The van der Waals surface area contributed by atoms with Crippen molar-refractivity contribution < 1.29 is 14.0 Å². The number of hydrogen-bond donors (Lipinski definition) is 1. The first-order valence-electron chi connectivity index (χ1n) is 8.47. The van der Waals surface area contributed by atoms with Crippen molar-refractivity contribution in [2.24, 2.45) is 11.8 Å². The molecule has 0 aromatic heterocycles. The lowest BCUT2D eigenvalue weighted by molar-refractivity contribution is -0.132. The summed E-state index contributed by atoms with van der Waals surface area (Å²) in [6.45, 7) is 2.56. The summed E-state index contributed by atoms with van der Waals surface area (Å²) in [4.78, 5) is 26.0. The molecule has 0 bridgehead atoms. The van der Waals surface area contributed by atoms with Gasteiger partial charge in [0.05, 0.1) is 6.54 Å². The third-order valence-electron chi connectivity index (χ3n) is 4.78. The smallest absolute Gasteiger partial charge is 0.224 e. The summed E-state index contributed by atoms with van der Waals surface area (Å²) in [6.07, 6.45) is 3.03. The van der Waals surface area contributed by atoms with Gasteiger partial charge in [0, 0.05) is 35.5 Å². The fourth-order valence-electron chi connectivity index (χ4n) is 2.92. The van der Waals surface area contributed by atoms with Crippen molar-refractivity contribution in [1.82, 2.24) is 10.2 Å². The highest BCUT2D eigenvalue weighted by Gasteiger charge is 2.39. The van der Waals surface area contributed by atoms with E-state index in [0.717, 1.165) is 19.3 Å². The minimum Gasteiger partial charge on any atom is -0.355 e. The molecule has 2 aliphatic rings. The zero-order valence-electron chi connectivity index (χ0n) is 13.7. The number of rotatable bonds is 7. The van der Waals surface area contributed by atoms with E-state index in [1.165, 1.54) is 6.07 Å². The molecule has 0 aliphatic heterocycles. The van der Waals surface area contributed by atoms with Gasteiger partial charge in [0.25, 0.3) is 0 Å². The molecule has 2 saturated carbocycles. The van der Waals surface area contributed by atoms with Gasteiger partial charge < -0.3 is 10.2 Å². The first-order chi connectivity index (χ1) is 11.5. The zero-order chi connectivity index (χ0) is 17.3. The lowest BCUT2D eigenvalue weighted by atomic mass is 10.2. The van der Waals surface area contributed by atoms with Crippen molar-refractivity contribution >= 4 is 23.4 Å². The molecule has 3 rings (SSSR count). The van der Waals surface area contributed by atoms with Crippen LogP contribution in [0.5, 0.6) is 0 Å². The van der Waals surface area contributed by atoms with Gasteiger partial charge in [-0.15, -0.1) is 0 Å². The number of benzene rings is 1. The third kappa shape index (κ3) is 4.07. The predicted octanol–water partition coefficient (Wildman–Crippen LogP) is 3.13. The van der Waals surface area contributed by atoms with Crippen LogP contribution in [0.3, 0.4) is 0 Å². The van der Waals surface area contributed by atoms with Crippen LogP contribution in [0.15, 0.2) is 18.2 Å². The Labute approximate surface area is 146 Å². The summed E-state index contributed by atoms with van der Waals surface area (Å²) in [6, 6.07) is 4.70. The summed E-state index contributed by atoms with van der Waals surface area (Å²) < 4.78 is 14.0. The van der Waals surface area contributed by atoms with E-state index in [-0.39, 0.29) is 36.7 Å². The largest absolute Gasteiger partial charge is 0.355 e. The summed E-state index contributed by atoms with van der Waals surface area (Å²) in [5.41, 5.74) is 0.357. The van der Waals surface area contributed by atoms with Gasteiger partial charge in [-0.2, -0.15) is 0 Å². The fourth-order valence-corrected chi connectivity index (χ4v) is 3.14. The van der Waals surface area contributed by atoms with Crippen LogP contribution >= 0.6 is 11.6 Å². The Morgan fingerprint density at radius 3 is 2.67 bits per heavy atom. The highest BCUT2D eigenvalue weighted by Crippen LogP contribution is 2.37. The third-order valence-corrected chi connectivity index (χ3v) is 5.14. The van der Waals surface area contributed by atoms with E-state index in [1.807, 2.05) is 6.92 Å². The Balaban J connectivity index is 1.55. The highest BCUT2D eigenvalue weighted by molar-refractivity contribution is 6.31. The van der Waals surface area contributed by atoms with Crippen LogP contribution in [0.1, 0.15) is 38.2 Å². The number of halogens is 2. The van der Waals surface area contributed by atoms with E-state index < -0.39 is 5.82 Å². The predicted molar refractivity (Wildman–Crippen MR) is 89.9 cm³/mol. The second-order valence-electron chi connectivity index (χ2n) is 6.81. The van der Waals surface area contributed by atoms with Gasteiger partial charge in [0.1, 0.15) is 5.82 Å². The van der Waals surface area contributed by atoms with Gasteiger partial charge in [-0.25, -0.2) is 4.39 Å². The van der Waals surface area contributed by atoms with Gasteiger partial charge in [-0.1, -0.05) is 24.6 Å². The first-order valence-corrected chi connectivity index (χ1v) is 8.85. The Morgan fingerprint density at radius 2 is 2.08 bits per heavy atom. The van der Waals surface area contributed by atoms with E-state index in [0.29, 0.717) is 23.0 Å². The molecule has 2 aliphatic carbocycles. The van der Waals surface area contributed by atoms with Crippen molar-refractivity contribution in [2.75, 3.05) is 6.54 Å². The second kappa shape index (κ2) is 7.09. The molecule has 0 saturated heterocycles. The van der Waals surface area contributed by atoms with Gasteiger partial charge in [-0.3, -0.25) is 9.59 Å². The maximum atomic E-state index is 14.0. The Kier molecular flexibility index (Phi) is 5.09. The monoisotopic (exact) mass is 352 g/mol. The molecular weight excluding hydrogens is 331 g/mol. The van der Waals surface area contributed by atoms with Crippen molar-refractivity contribution in [3.8, 4) is 0 Å². The first kappa shape index (κ1) is 17.2. The lowest BCUT2D eigenvalue weighted by Crippen LogP contribution is -2.36. The number of nitrogens with zero attached hydrogens (tertiary/aromatic N) is 1. The topological polar surface area (TPSA) is 49.4 Å². The molecule has 1 N–H and O–H groups in total. The van der Waals surface area contributed by atoms with Crippen LogP contribution in [0.25, 0.3) is 0 Å². The molecule has 24 heavy (non-hydrogen) atoms. The lowest BCUT2D eigenvalue weighted by Gasteiger charge is -2.23. The van der Waals surface area contributed by atoms with Crippen LogP contribution < -0.4 is 5.32 Å². The van der Waals surface area contributed by atoms with E-state index in [1.54, 1.807) is 17.0 Å². The van der Waals surface area contributed by atoms with Crippen LogP contribution in [0.4, 0.5) is 4.39 Å². The van der Waals surface area contributed by atoms with Gasteiger partial charge in [-0.05, 0) is 37.3 Å². The summed E-state index contributed by atoms with van der Waals surface area (Å²) in [7, 11) is 0. The van der Waals surface area contributed by atoms with Crippen molar-refractivity contribution in [3.05, 3.63) is 34.6 Å².